The van der Waals surface area contributed by atoms with Gasteiger partial charge in [0.25, 0.3) is 0 Å². The van der Waals surface area contributed by atoms with Crippen LogP contribution in [0.15, 0.2) is 23.2 Å². The van der Waals surface area contributed by atoms with Crippen molar-refractivity contribution < 1.29 is 19.0 Å². The van der Waals surface area contributed by atoms with Crippen LogP contribution in [0.2, 0.25) is 0 Å². The molecule has 1 aliphatic heterocycles. The lowest BCUT2D eigenvalue weighted by atomic mass is 10.1. The van der Waals surface area contributed by atoms with E-state index in [4.69, 9.17) is 9.84 Å². The predicted molar refractivity (Wildman–Crippen MR) is 71.1 cm³/mol. The summed E-state index contributed by atoms with van der Waals surface area (Å²) < 4.78 is 20.8. The van der Waals surface area contributed by atoms with E-state index in [1.165, 1.54) is 23.5 Å². The second-order valence-corrected chi connectivity index (χ2v) is 5.42. The summed E-state index contributed by atoms with van der Waals surface area (Å²) in [5, 5.41) is 8.69. The van der Waals surface area contributed by atoms with Crippen LogP contribution in [0.4, 0.5) is 4.39 Å². The summed E-state index contributed by atoms with van der Waals surface area (Å²) in [6.07, 6.45) is 0. The fraction of sp³-hybridized carbons (Fsp3) is 0.231. The molecule has 0 bridgehead atoms. The largest absolute Gasteiger partial charge is 0.487 e. The zero-order valence-corrected chi connectivity index (χ0v) is 11.4. The van der Waals surface area contributed by atoms with Crippen LogP contribution in [0.25, 0.3) is 11.3 Å². The Labute approximate surface area is 117 Å². The van der Waals surface area contributed by atoms with Gasteiger partial charge in [-0.05, 0) is 18.2 Å². The van der Waals surface area contributed by atoms with Gasteiger partial charge >= 0.3 is 5.97 Å². The normalized spacial score (nSPS) is 13.6. The number of halogens is 1. The van der Waals surface area contributed by atoms with Gasteiger partial charge in [-0.2, -0.15) is 0 Å². The maximum Gasteiger partial charge on any atom is 0.325 e. The molecule has 2 heterocycles. The molecule has 0 saturated heterocycles. The van der Waals surface area contributed by atoms with Crippen molar-refractivity contribution >= 4 is 17.3 Å². The van der Waals surface area contributed by atoms with Crippen LogP contribution in [0, 0.1) is 5.82 Å². The average molecular weight is 294 g/mol. The molecule has 1 N–H and O–H groups in total. The lowest BCUT2D eigenvalue weighted by Crippen LogP contribution is -2.15. The van der Waals surface area contributed by atoms with Gasteiger partial charge in [0.1, 0.15) is 24.7 Å². The number of benzene rings is 1. The zero-order valence-electron chi connectivity index (χ0n) is 10.6. The molecule has 0 amide bonds. The molecule has 0 aliphatic carbocycles. The number of carboxylic acid groups (broad SMARTS) is 1. The molecule has 0 saturated carbocycles. The first kappa shape index (κ1) is 12.9. The third-order valence-corrected chi connectivity index (χ3v) is 4.15. The van der Waals surface area contributed by atoms with E-state index in [0.29, 0.717) is 22.7 Å². The van der Waals surface area contributed by atoms with E-state index in [2.05, 4.69) is 4.99 Å². The quantitative estimate of drug-likeness (QED) is 0.918. The fourth-order valence-corrected chi connectivity index (χ4v) is 3.21. The Balaban J connectivity index is 2.17. The first-order valence-electron chi connectivity index (χ1n) is 5.90. The molecule has 1 aromatic heterocycles. The van der Waals surface area contributed by atoms with Gasteiger partial charge in [-0.15, -0.1) is 0 Å². The summed E-state index contributed by atoms with van der Waals surface area (Å²) in [7, 11) is 1.79. The molecular formula is C13H11FN2O3S. The highest BCUT2D eigenvalue weighted by Gasteiger charge is 2.22. The second kappa shape index (κ2) is 4.75. The Morgan fingerprint density at radius 1 is 1.60 bits per heavy atom. The van der Waals surface area contributed by atoms with E-state index in [0.717, 1.165) is 10.6 Å². The van der Waals surface area contributed by atoms with Crippen LogP contribution in [0.5, 0.6) is 5.75 Å². The minimum absolute atomic E-state index is 0.288. The predicted octanol–water partition coefficient (Wildman–Crippen LogP) is 1.77. The van der Waals surface area contributed by atoms with Crippen molar-refractivity contribution in [2.45, 2.75) is 6.61 Å². The number of ether oxygens (including phenoxy) is 1. The van der Waals surface area contributed by atoms with Gasteiger partial charge in [-0.3, -0.25) is 4.79 Å². The smallest absolute Gasteiger partial charge is 0.325 e. The van der Waals surface area contributed by atoms with E-state index in [-0.39, 0.29) is 12.4 Å². The summed E-state index contributed by atoms with van der Waals surface area (Å²) in [6, 6.07) is 4.37. The van der Waals surface area contributed by atoms with Crippen molar-refractivity contribution in [1.29, 1.82) is 0 Å². The summed E-state index contributed by atoms with van der Waals surface area (Å²) in [5.41, 5.74) is 1.50. The van der Waals surface area contributed by atoms with Crippen molar-refractivity contribution in [2.75, 3.05) is 6.54 Å². The number of aliphatic carboxylic acids is 1. The monoisotopic (exact) mass is 294 g/mol. The molecule has 0 spiro atoms. The molecule has 5 nitrogen and oxygen atoms in total. The molecule has 0 radical (unpaired) electrons. The van der Waals surface area contributed by atoms with E-state index in [1.807, 2.05) is 0 Å². The minimum Gasteiger partial charge on any atom is -0.487 e. The summed E-state index contributed by atoms with van der Waals surface area (Å²) in [4.78, 5) is 16.1. The summed E-state index contributed by atoms with van der Waals surface area (Å²) in [5.74, 6) is -0.702. The Morgan fingerprint density at radius 3 is 3.15 bits per heavy atom. The topological polar surface area (TPSA) is 63.8 Å². The first-order valence-corrected chi connectivity index (χ1v) is 6.71. The van der Waals surface area contributed by atoms with Gasteiger partial charge in [0.05, 0.1) is 10.6 Å². The van der Waals surface area contributed by atoms with E-state index >= 15 is 0 Å². The SMILES string of the molecule is Cn1c2c(s/c1=N\CC(=O)O)COc1ccc(F)cc1-2. The van der Waals surface area contributed by atoms with Crippen LogP contribution in [0.1, 0.15) is 4.88 Å². The van der Waals surface area contributed by atoms with E-state index in [1.54, 1.807) is 17.7 Å². The number of aromatic nitrogens is 1. The number of hydrogen-bond donors (Lipinski definition) is 1. The summed E-state index contributed by atoms with van der Waals surface area (Å²) >= 11 is 1.36. The number of hydrogen-bond acceptors (Lipinski definition) is 4. The van der Waals surface area contributed by atoms with Gasteiger partial charge in [0, 0.05) is 12.6 Å². The molecule has 1 aromatic carbocycles. The summed E-state index contributed by atoms with van der Waals surface area (Å²) in [6.45, 7) is 0.0964. The van der Waals surface area contributed by atoms with Crippen LogP contribution >= 0.6 is 11.3 Å². The van der Waals surface area contributed by atoms with Gasteiger partial charge in [-0.25, -0.2) is 9.38 Å². The Kier molecular flexibility index (Phi) is 3.06. The van der Waals surface area contributed by atoms with Crippen LogP contribution in [-0.2, 0) is 18.4 Å². The Morgan fingerprint density at radius 2 is 2.40 bits per heavy atom. The van der Waals surface area contributed by atoms with Gasteiger partial charge < -0.3 is 14.4 Å². The van der Waals surface area contributed by atoms with Crippen LogP contribution in [-0.4, -0.2) is 22.2 Å². The molecule has 0 unspecified atom stereocenters. The van der Waals surface area contributed by atoms with Crippen LogP contribution in [0.3, 0.4) is 0 Å². The number of carboxylic acids is 1. The first-order chi connectivity index (χ1) is 9.56. The third kappa shape index (κ3) is 2.09. The number of fused-ring (bicyclic) bond motifs is 3. The molecule has 104 valence electrons. The second-order valence-electron chi connectivity index (χ2n) is 4.35. The van der Waals surface area contributed by atoms with Gasteiger partial charge in [0.15, 0.2) is 4.80 Å². The number of nitrogens with zero attached hydrogens (tertiary/aromatic N) is 2. The highest BCUT2D eigenvalue weighted by Crippen LogP contribution is 2.38. The Hall–Kier alpha value is -2.15. The molecular weight excluding hydrogens is 283 g/mol. The van der Waals surface area contributed by atoms with Crippen molar-refractivity contribution in [3.05, 3.63) is 33.7 Å². The van der Waals surface area contributed by atoms with Crippen molar-refractivity contribution in [1.82, 2.24) is 4.57 Å². The minimum atomic E-state index is -0.987. The molecule has 7 heteroatoms. The molecule has 2 aromatic rings. The standard InChI is InChI=1S/C13H11FN2O3S/c1-16-12-8-4-7(14)2-3-9(8)19-6-10(12)20-13(16)15-5-11(17)18/h2-4H,5-6H2,1H3,(H,17,18)/b15-13-. The Bertz CT molecular complexity index is 763. The molecule has 0 fully saturated rings. The zero-order chi connectivity index (χ0) is 14.3. The number of rotatable bonds is 2. The van der Waals surface area contributed by atoms with E-state index < -0.39 is 5.97 Å². The van der Waals surface area contributed by atoms with E-state index in [9.17, 15) is 9.18 Å². The highest BCUT2D eigenvalue weighted by molar-refractivity contribution is 7.09. The lowest BCUT2D eigenvalue weighted by Gasteiger charge is -2.18. The van der Waals surface area contributed by atoms with Gasteiger partial charge in [0.2, 0.25) is 0 Å². The van der Waals surface area contributed by atoms with Gasteiger partial charge in [-0.1, -0.05) is 11.3 Å². The molecule has 3 rings (SSSR count). The maximum atomic E-state index is 13.4. The molecule has 20 heavy (non-hydrogen) atoms. The third-order valence-electron chi connectivity index (χ3n) is 3.01. The van der Waals surface area contributed by atoms with Crippen molar-refractivity contribution in [3.63, 3.8) is 0 Å². The fourth-order valence-electron chi connectivity index (χ4n) is 2.17. The lowest BCUT2D eigenvalue weighted by molar-refractivity contribution is -0.135. The molecule has 1 aliphatic rings. The number of carbonyl (C=O) groups is 1. The van der Waals surface area contributed by atoms with Crippen molar-refractivity contribution in [3.8, 4) is 17.0 Å². The van der Waals surface area contributed by atoms with Crippen molar-refractivity contribution in [2.24, 2.45) is 12.0 Å². The maximum absolute atomic E-state index is 13.4. The van der Waals surface area contributed by atoms with Crippen LogP contribution < -0.4 is 9.54 Å². The average Bonchev–Trinajstić information content (AvgIpc) is 2.73. The number of thiazole rings is 1. The molecule has 0 atom stereocenters. The highest BCUT2D eigenvalue weighted by atomic mass is 32.1.